The number of hydrogen-bond donors (Lipinski definition) is 0. The molecule has 0 aliphatic heterocycles. The number of ether oxygens (including phenoxy) is 1. The van der Waals surface area contributed by atoms with E-state index in [4.69, 9.17) is 4.74 Å². The fourth-order valence-corrected chi connectivity index (χ4v) is 4.98. The largest absolute Gasteiger partial charge is 0.494 e. The molecule has 1 heterocycles. The predicted octanol–water partition coefficient (Wildman–Crippen LogP) is 3.93. The molecule has 0 unspecified atom stereocenters. The first-order valence-electron chi connectivity index (χ1n) is 8.38. The molecule has 6 heteroatoms. The van der Waals surface area contributed by atoms with Gasteiger partial charge in [-0.3, -0.25) is 0 Å². The second-order valence-electron chi connectivity index (χ2n) is 6.00. The molecule has 0 saturated heterocycles. The molecule has 2 aromatic rings. The standard InChI is InChI=1S/C18H23NO3S2/c1-2-13-22-16-7-9-18(10-8-16)24(20,21)19(15-5-6-15)12-11-17-4-3-14-23-17/h3-4,7-10,14-15H,2,5-6,11-13H2,1H3. The Labute approximate surface area is 148 Å². The van der Waals surface area contributed by atoms with E-state index in [0.29, 0.717) is 23.8 Å². The van der Waals surface area contributed by atoms with E-state index in [1.807, 2.05) is 18.4 Å². The molecule has 1 saturated carbocycles. The Kier molecular flexibility index (Phi) is 5.58. The average Bonchev–Trinajstić information content (AvgIpc) is 3.28. The summed E-state index contributed by atoms with van der Waals surface area (Å²) in [5.74, 6) is 0.715. The molecule has 0 amide bonds. The SMILES string of the molecule is CCCOc1ccc(S(=O)(=O)N(CCc2cccs2)C2CC2)cc1. The molecule has 24 heavy (non-hydrogen) atoms. The van der Waals surface area contributed by atoms with Crippen LogP contribution in [0.4, 0.5) is 0 Å². The van der Waals surface area contributed by atoms with E-state index in [-0.39, 0.29) is 6.04 Å². The van der Waals surface area contributed by atoms with Crippen molar-refractivity contribution in [1.29, 1.82) is 0 Å². The Morgan fingerprint density at radius 1 is 1.21 bits per heavy atom. The van der Waals surface area contributed by atoms with Gasteiger partial charge >= 0.3 is 0 Å². The molecule has 0 bridgehead atoms. The van der Waals surface area contributed by atoms with E-state index in [1.54, 1.807) is 39.9 Å². The van der Waals surface area contributed by atoms with Gasteiger partial charge in [0.2, 0.25) is 10.0 Å². The van der Waals surface area contributed by atoms with Crippen LogP contribution >= 0.6 is 11.3 Å². The predicted molar refractivity (Wildman–Crippen MR) is 97.2 cm³/mol. The van der Waals surface area contributed by atoms with Crippen LogP contribution < -0.4 is 4.74 Å². The van der Waals surface area contributed by atoms with Gasteiger partial charge < -0.3 is 4.74 Å². The van der Waals surface area contributed by atoms with Crippen molar-refractivity contribution >= 4 is 21.4 Å². The van der Waals surface area contributed by atoms with Crippen molar-refractivity contribution < 1.29 is 13.2 Å². The lowest BCUT2D eigenvalue weighted by Gasteiger charge is -2.21. The Morgan fingerprint density at radius 2 is 1.96 bits per heavy atom. The maximum atomic E-state index is 13.0. The van der Waals surface area contributed by atoms with E-state index in [9.17, 15) is 8.42 Å². The molecule has 0 spiro atoms. The number of thiophene rings is 1. The molecule has 4 nitrogen and oxygen atoms in total. The third-order valence-electron chi connectivity index (χ3n) is 4.02. The van der Waals surface area contributed by atoms with Gasteiger partial charge in [-0.1, -0.05) is 13.0 Å². The molecular formula is C18H23NO3S2. The first kappa shape index (κ1) is 17.5. The molecule has 1 fully saturated rings. The minimum atomic E-state index is -3.45. The van der Waals surface area contributed by atoms with Crippen molar-refractivity contribution in [3.8, 4) is 5.75 Å². The fourth-order valence-electron chi connectivity index (χ4n) is 2.60. The third-order valence-corrected chi connectivity index (χ3v) is 6.92. The van der Waals surface area contributed by atoms with Crippen LogP contribution in [0.2, 0.25) is 0 Å². The van der Waals surface area contributed by atoms with Crippen LogP contribution in [0, 0.1) is 0 Å². The maximum Gasteiger partial charge on any atom is 0.243 e. The van der Waals surface area contributed by atoms with E-state index >= 15 is 0 Å². The lowest BCUT2D eigenvalue weighted by atomic mass is 10.3. The normalized spacial score (nSPS) is 14.9. The third kappa shape index (κ3) is 4.18. The topological polar surface area (TPSA) is 46.6 Å². The zero-order valence-corrected chi connectivity index (χ0v) is 15.5. The molecule has 0 radical (unpaired) electrons. The van der Waals surface area contributed by atoms with Crippen molar-refractivity contribution in [3.63, 3.8) is 0 Å². The maximum absolute atomic E-state index is 13.0. The van der Waals surface area contributed by atoms with Crippen molar-refractivity contribution in [2.75, 3.05) is 13.2 Å². The highest BCUT2D eigenvalue weighted by atomic mass is 32.2. The second-order valence-corrected chi connectivity index (χ2v) is 8.92. The van der Waals surface area contributed by atoms with Crippen LogP contribution in [0.3, 0.4) is 0 Å². The first-order chi connectivity index (χ1) is 11.6. The van der Waals surface area contributed by atoms with E-state index < -0.39 is 10.0 Å². The molecule has 1 aromatic carbocycles. The second kappa shape index (κ2) is 7.68. The van der Waals surface area contributed by atoms with Gasteiger partial charge in [-0.25, -0.2) is 8.42 Å². The van der Waals surface area contributed by atoms with Gasteiger partial charge in [0, 0.05) is 17.5 Å². The molecule has 1 aromatic heterocycles. The lowest BCUT2D eigenvalue weighted by molar-refractivity contribution is 0.317. The highest BCUT2D eigenvalue weighted by Gasteiger charge is 2.37. The van der Waals surface area contributed by atoms with Crippen molar-refractivity contribution in [2.24, 2.45) is 0 Å². The Bertz CT molecular complexity index is 735. The Morgan fingerprint density at radius 3 is 2.54 bits per heavy atom. The molecule has 3 rings (SSSR count). The number of benzene rings is 1. The zero-order valence-electron chi connectivity index (χ0n) is 13.8. The smallest absolute Gasteiger partial charge is 0.243 e. The van der Waals surface area contributed by atoms with Crippen molar-refractivity contribution in [1.82, 2.24) is 4.31 Å². The van der Waals surface area contributed by atoms with Gasteiger partial charge in [-0.15, -0.1) is 11.3 Å². The van der Waals surface area contributed by atoms with Crippen LogP contribution in [0.1, 0.15) is 31.1 Å². The summed E-state index contributed by atoms with van der Waals surface area (Å²) in [6.45, 7) is 3.22. The van der Waals surface area contributed by atoms with Gasteiger partial charge in [0.15, 0.2) is 0 Å². The van der Waals surface area contributed by atoms with Crippen LogP contribution in [0.25, 0.3) is 0 Å². The van der Waals surface area contributed by atoms with Gasteiger partial charge in [-0.05, 0) is 61.4 Å². The number of hydrogen-bond acceptors (Lipinski definition) is 4. The van der Waals surface area contributed by atoms with Crippen LogP contribution in [0.5, 0.6) is 5.75 Å². The summed E-state index contributed by atoms with van der Waals surface area (Å²) in [6, 6.07) is 11.0. The fraction of sp³-hybridized carbons (Fsp3) is 0.444. The van der Waals surface area contributed by atoms with E-state index in [1.165, 1.54) is 4.88 Å². The molecule has 0 atom stereocenters. The monoisotopic (exact) mass is 365 g/mol. The molecular weight excluding hydrogens is 342 g/mol. The Hall–Kier alpha value is -1.37. The van der Waals surface area contributed by atoms with Crippen LogP contribution in [-0.4, -0.2) is 31.9 Å². The average molecular weight is 366 g/mol. The summed E-state index contributed by atoms with van der Waals surface area (Å²) in [4.78, 5) is 1.57. The highest BCUT2D eigenvalue weighted by Crippen LogP contribution is 2.32. The van der Waals surface area contributed by atoms with Crippen LogP contribution in [-0.2, 0) is 16.4 Å². The number of sulfonamides is 1. The van der Waals surface area contributed by atoms with Gasteiger partial charge in [0.1, 0.15) is 5.75 Å². The van der Waals surface area contributed by atoms with Crippen molar-refractivity contribution in [2.45, 2.75) is 43.5 Å². The first-order valence-corrected chi connectivity index (χ1v) is 10.7. The molecule has 130 valence electrons. The summed E-state index contributed by atoms with van der Waals surface area (Å²) >= 11 is 1.67. The van der Waals surface area contributed by atoms with Gasteiger partial charge in [-0.2, -0.15) is 4.31 Å². The molecule has 0 N–H and O–H groups in total. The summed E-state index contributed by atoms with van der Waals surface area (Å²) in [5.41, 5.74) is 0. The van der Waals surface area contributed by atoms with Gasteiger partial charge in [0.05, 0.1) is 11.5 Å². The van der Waals surface area contributed by atoms with E-state index in [0.717, 1.165) is 25.7 Å². The molecule has 1 aliphatic carbocycles. The summed E-state index contributed by atoms with van der Waals surface area (Å²) < 4.78 is 33.2. The minimum Gasteiger partial charge on any atom is -0.494 e. The van der Waals surface area contributed by atoms with Crippen LogP contribution in [0.15, 0.2) is 46.7 Å². The summed E-state index contributed by atoms with van der Waals surface area (Å²) in [6.07, 6.45) is 3.62. The zero-order chi connectivity index (χ0) is 17.0. The van der Waals surface area contributed by atoms with Gasteiger partial charge in [0.25, 0.3) is 0 Å². The van der Waals surface area contributed by atoms with E-state index in [2.05, 4.69) is 6.07 Å². The molecule has 1 aliphatic rings. The lowest BCUT2D eigenvalue weighted by Crippen LogP contribution is -2.34. The highest BCUT2D eigenvalue weighted by molar-refractivity contribution is 7.89. The number of nitrogens with zero attached hydrogens (tertiary/aromatic N) is 1. The summed E-state index contributed by atoms with van der Waals surface area (Å²) in [5, 5.41) is 2.03. The van der Waals surface area contributed by atoms with Crippen molar-refractivity contribution in [3.05, 3.63) is 46.7 Å². The Balaban J connectivity index is 1.73. The number of rotatable bonds is 9. The quantitative estimate of drug-likeness (QED) is 0.676. The summed E-state index contributed by atoms with van der Waals surface area (Å²) in [7, 11) is -3.45. The minimum absolute atomic E-state index is 0.158.